The molecule has 0 aliphatic carbocycles. The molecular weight excluding hydrogens is 304 g/mol. The molecule has 0 fully saturated rings. The van der Waals surface area contributed by atoms with Crippen LogP contribution < -0.4 is 10.5 Å². The molecule has 8 heteroatoms. The maximum absolute atomic E-state index is 10.9. The van der Waals surface area contributed by atoms with Crippen LogP contribution in [0.2, 0.25) is 0 Å². The second-order valence-electron chi connectivity index (χ2n) is 3.23. The summed E-state index contributed by atoms with van der Waals surface area (Å²) in [7, 11) is 0. The zero-order valence-corrected chi connectivity index (χ0v) is 10.5. The van der Waals surface area contributed by atoms with E-state index in [-0.39, 0.29) is 23.1 Å². The first-order valence-electron chi connectivity index (χ1n) is 4.76. The topological polar surface area (TPSA) is 104 Å². The first kappa shape index (κ1) is 12.2. The second-order valence-corrected chi connectivity index (χ2v) is 4.08. The largest absolute Gasteiger partial charge is 0.429 e. The van der Waals surface area contributed by atoms with Crippen LogP contribution >= 0.6 is 15.9 Å². The summed E-state index contributed by atoms with van der Waals surface area (Å²) in [5, 5.41) is 10.9. The lowest BCUT2D eigenvalue weighted by Gasteiger charge is -2.06. The molecule has 2 aromatic rings. The van der Waals surface area contributed by atoms with E-state index in [9.17, 15) is 10.1 Å². The molecule has 0 bridgehead atoms. The molecule has 7 nitrogen and oxygen atoms in total. The van der Waals surface area contributed by atoms with Gasteiger partial charge in [-0.3, -0.25) is 10.1 Å². The van der Waals surface area contributed by atoms with E-state index in [2.05, 4.69) is 25.9 Å². The van der Waals surface area contributed by atoms with Crippen LogP contribution in [0.1, 0.15) is 0 Å². The Hall–Kier alpha value is -2.22. The van der Waals surface area contributed by atoms with Crippen molar-refractivity contribution in [2.75, 3.05) is 5.73 Å². The number of nitro benzene ring substituents is 1. The van der Waals surface area contributed by atoms with Crippen LogP contribution in [0.4, 0.5) is 11.5 Å². The Labute approximate surface area is 110 Å². The van der Waals surface area contributed by atoms with Crippen molar-refractivity contribution in [2.45, 2.75) is 0 Å². The molecule has 0 saturated carbocycles. The third kappa shape index (κ3) is 2.54. The van der Waals surface area contributed by atoms with Gasteiger partial charge in [0.05, 0.1) is 21.8 Å². The zero-order valence-electron chi connectivity index (χ0n) is 8.91. The summed E-state index contributed by atoms with van der Waals surface area (Å²) >= 11 is 3.19. The van der Waals surface area contributed by atoms with Gasteiger partial charge in [-0.15, -0.1) is 0 Å². The average Bonchev–Trinajstić information content (AvgIpc) is 2.34. The monoisotopic (exact) mass is 310 g/mol. The number of hydrogen-bond acceptors (Lipinski definition) is 6. The van der Waals surface area contributed by atoms with E-state index in [0.29, 0.717) is 4.47 Å². The van der Waals surface area contributed by atoms with Gasteiger partial charge in [-0.05, 0) is 22.0 Å². The molecule has 0 amide bonds. The van der Waals surface area contributed by atoms with Gasteiger partial charge in [-0.25, -0.2) is 9.97 Å². The van der Waals surface area contributed by atoms with E-state index in [1.165, 1.54) is 18.5 Å². The normalized spacial score (nSPS) is 10.1. The van der Waals surface area contributed by atoms with Gasteiger partial charge in [0.25, 0.3) is 0 Å². The third-order valence-electron chi connectivity index (χ3n) is 2.00. The predicted molar refractivity (Wildman–Crippen MR) is 67.3 cm³/mol. The maximum Gasteiger partial charge on any atom is 0.312 e. The van der Waals surface area contributed by atoms with Gasteiger partial charge in [-0.1, -0.05) is 6.07 Å². The molecule has 0 aliphatic rings. The first-order valence-corrected chi connectivity index (χ1v) is 5.55. The Morgan fingerprint density at radius 1 is 1.33 bits per heavy atom. The number of hydrogen-bond donors (Lipinski definition) is 1. The van der Waals surface area contributed by atoms with E-state index in [4.69, 9.17) is 10.5 Å². The average molecular weight is 311 g/mol. The van der Waals surface area contributed by atoms with Crippen LogP contribution in [0.15, 0.2) is 35.1 Å². The maximum atomic E-state index is 10.9. The summed E-state index contributed by atoms with van der Waals surface area (Å²) in [4.78, 5) is 18.0. The Morgan fingerprint density at radius 2 is 2.11 bits per heavy atom. The number of ether oxygens (including phenoxy) is 1. The molecule has 0 spiro atoms. The van der Waals surface area contributed by atoms with Crippen molar-refractivity contribution in [2.24, 2.45) is 0 Å². The fourth-order valence-electron chi connectivity index (χ4n) is 1.23. The third-order valence-corrected chi connectivity index (χ3v) is 2.62. The van der Waals surface area contributed by atoms with Crippen LogP contribution in [-0.4, -0.2) is 14.9 Å². The molecule has 1 heterocycles. The molecule has 0 atom stereocenters. The van der Waals surface area contributed by atoms with Gasteiger partial charge in [0.1, 0.15) is 5.82 Å². The van der Waals surface area contributed by atoms with Crippen LogP contribution in [0.25, 0.3) is 0 Å². The summed E-state index contributed by atoms with van der Waals surface area (Å²) in [5.74, 6) is 0.435. The molecule has 0 aliphatic heterocycles. The number of anilines is 1. The van der Waals surface area contributed by atoms with Gasteiger partial charge in [0.2, 0.25) is 11.6 Å². The predicted octanol–water partition coefficient (Wildman–Crippen LogP) is 2.52. The Morgan fingerprint density at radius 3 is 2.72 bits per heavy atom. The first-order chi connectivity index (χ1) is 8.58. The number of aromatic nitrogens is 2. The van der Waals surface area contributed by atoms with E-state index >= 15 is 0 Å². The number of nitrogens with two attached hydrogens (primary N) is 1. The lowest BCUT2D eigenvalue weighted by molar-refractivity contribution is -0.385. The molecule has 1 aromatic carbocycles. The van der Waals surface area contributed by atoms with Crippen molar-refractivity contribution < 1.29 is 9.66 Å². The number of halogens is 1. The van der Waals surface area contributed by atoms with Gasteiger partial charge in [-0.2, -0.15) is 0 Å². The summed E-state index contributed by atoms with van der Waals surface area (Å²) < 4.78 is 5.79. The van der Waals surface area contributed by atoms with Crippen LogP contribution in [0, 0.1) is 10.1 Å². The number of nitrogens with zero attached hydrogens (tertiary/aromatic N) is 3. The summed E-state index contributed by atoms with van der Waals surface area (Å²) in [6.07, 6.45) is 2.59. The van der Waals surface area contributed by atoms with Crippen LogP contribution in [-0.2, 0) is 0 Å². The molecule has 92 valence electrons. The summed E-state index contributed by atoms with van der Waals surface area (Å²) in [6.45, 7) is 0. The minimum absolute atomic E-state index is 0.0709. The van der Waals surface area contributed by atoms with Gasteiger partial charge in [0.15, 0.2) is 0 Å². The number of benzene rings is 1. The highest BCUT2D eigenvalue weighted by atomic mass is 79.9. The summed E-state index contributed by atoms with van der Waals surface area (Å²) in [6, 6.07) is 4.52. The lowest BCUT2D eigenvalue weighted by Crippen LogP contribution is -1.97. The van der Waals surface area contributed by atoms with Crippen molar-refractivity contribution >= 4 is 27.4 Å². The molecule has 0 radical (unpaired) electrons. The van der Waals surface area contributed by atoms with E-state index in [1.807, 2.05) is 0 Å². The summed E-state index contributed by atoms with van der Waals surface area (Å²) in [5.41, 5.74) is 5.22. The van der Waals surface area contributed by atoms with Gasteiger partial charge >= 0.3 is 5.69 Å². The Balaban J connectivity index is 2.39. The zero-order chi connectivity index (χ0) is 13.1. The lowest BCUT2D eigenvalue weighted by atomic mass is 10.3. The van der Waals surface area contributed by atoms with Crippen molar-refractivity contribution in [1.29, 1.82) is 0 Å². The highest BCUT2D eigenvalue weighted by Crippen LogP contribution is 2.37. The quantitative estimate of drug-likeness (QED) is 0.690. The molecule has 0 unspecified atom stereocenters. The fraction of sp³-hybridized carbons (Fsp3) is 0. The van der Waals surface area contributed by atoms with Crippen LogP contribution in [0.3, 0.4) is 0 Å². The minimum Gasteiger partial charge on any atom is -0.429 e. The van der Waals surface area contributed by atoms with E-state index in [0.717, 1.165) is 0 Å². The number of para-hydroxylation sites is 1. The van der Waals surface area contributed by atoms with Crippen LogP contribution in [0.5, 0.6) is 11.6 Å². The second kappa shape index (κ2) is 4.96. The van der Waals surface area contributed by atoms with Crippen molar-refractivity contribution in [3.05, 3.63) is 45.2 Å². The van der Waals surface area contributed by atoms with Gasteiger partial charge < -0.3 is 10.5 Å². The molecular formula is C10H7BrN4O3. The number of nitrogen functional groups attached to an aromatic ring is 1. The van der Waals surface area contributed by atoms with Crippen molar-refractivity contribution in [1.82, 2.24) is 9.97 Å². The molecule has 2 rings (SSSR count). The minimum atomic E-state index is -0.537. The molecule has 0 saturated heterocycles. The smallest absolute Gasteiger partial charge is 0.312 e. The molecule has 18 heavy (non-hydrogen) atoms. The fourth-order valence-corrected chi connectivity index (χ4v) is 1.66. The van der Waals surface area contributed by atoms with Crippen molar-refractivity contribution in [3.63, 3.8) is 0 Å². The van der Waals surface area contributed by atoms with E-state index < -0.39 is 4.92 Å². The Kier molecular flexibility index (Phi) is 3.38. The number of rotatable bonds is 3. The number of nitro groups is 1. The van der Waals surface area contributed by atoms with Gasteiger partial charge in [0, 0.05) is 6.07 Å². The highest BCUT2D eigenvalue weighted by molar-refractivity contribution is 9.10. The van der Waals surface area contributed by atoms with Crippen molar-refractivity contribution in [3.8, 4) is 11.6 Å². The van der Waals surface area contributed by atoms with E-state index in [1.54, 1.807) is 12.1 Å². The molecule has 1 aromatic heterocycles. The molecule has 2 N–H and O–H groups in total. The Bertz CT molecular complexity index is 588. The SMILES string of the molecule is Nc1cnc(Oc2c(Br)cccc2[N+](=O)[O-])cn1. The standard InChI is InChI=1S/C10H7BrN4O3/c11-6-2-1-3-7(15(16)17)10(6)18-9-5-13-8(12)4-14-9/h1-5H,(H2,12,13). The highest BCUT2D eigenvalue weighted by Gasteiger charge is 2.19.